The quantitative estimate of drug-likeness (QED) is 0.718. The number of hydrogen-bond donors (Lipinski definition) is 0. The van der Waals surface area contributed by atoms with Gasteiger partial charge in [0, 0.05) is 12.6 Å². The third-order valence-electron chi connectivity index (χ3n) is 3.52. The van der Waals surface area contributed by atoms with Crippen molar-refractivity contribution in [2.24, 2.45) is 0 Å². The Labute approximate surface area is 111 Å². The first kappa shape index (κ1) is 11.7. The molecule has 1 unspecified atom stereocenters. The van der Waals surface area contributed by atoms with Crippen LogP contribution in [0.3, 0.4) is 0 Å². The lowest BCUT2D eigenvalue weighted by Gasteiger charge is -2.21. The van der Waals surface area contributed by atoms with Crippen LogP contribution < -0.4 is 4.74 Å². The molecule has 0 aromatic heterocycles. The smallest absolute Gasteiger partial charge is 0.193 e. The molecule has 0 spiro atoms. The lowest BCUT2D eigenvalue weighted by atomic mass is 9.98. The molecule has 1 atom stereocenters. The van der Waals surface area contributed by atoms with E-state index >= 15 is 0 Å². The van der Waals surface area contributed by atoms with E-state index in [1.807, 2.05) is 19.1 Å². The number of likely N-dealkylation sites (N-methyl/N-ethyl adjacent to an activating group) is 1. The Balaban J connectivity index is 2.12. The van der Waals surface area contributed by atoms with Gasteiger partial charge in [0.1, 0.15) is 11.8 Å². The van der Waals surface area contributed by atoms with Crippen LogP contribution in [0.15, 0.2) is 41.8 Å². The fourth-order valence-electron chi connectivity index (χ4n) is 2.48. The highest BCUT2D eigenvalue weighted by molar-refractivity contribution is 6.06. The number of Topliss-reactive ketones (excluding diaryl/α,β-unsaturated/α-hetero) is 1. The summed E-state index contributed by atoms with van der Waals surface area (Å²) >= 11 is 0. The summed E-state index contributed by atoms with van der Waals surface area (Å²) in [4.78, 5) is 25.2. The predicted molar refractivity (Wildman–Crippen MR) is 69.9 cm³/mol. The number of hydrogen-bond acceptors (Lipinski definition) is 4. The number of carbonyl (C=O) groups excluding carboxylic acids is 2. The monoisotopic (exact) mass is 255 g/mol. The Morgan fingerprint density at radius 3 is 2.89 bits per heavy atom. The summed E-state index contributed by atoms with van der Waals surface area (Å²) in [6.45, 7) is 1.95. The van der Waals surface area contributed by atoms with Gasteiger partial charge >= 0.3 is 0 Å². The number of ketones is 1. The molecule has 0 N–H and O–H groups in total. The van der Waals surface area contributed by atoms with Crippen molar-refractivity contribution in [1.29, 1.82) is 0 Å². The molecule has 96 valence electrons. The standard InChI is InChI=1S/C15H13NO3/c1-9-3-4-12-13(5-9)19-8-10-6-11(7-17)16(2)14(10)15(12)18/h3-8,14H,1-2H3. The molecule has 0 bridgehead atoms. The summed E-state index contributed by atoms with van der Waals surface area (Å²) in [5.41, 5.74) is 2.79. The predicted octanol–water partition coefficient (Wildman–Crippen LogP) is 1.85. The van der Waals surface area contributed by atoms with Crippen molar-refractivity contribution >= 4 is 12.1 Å². The van der Waals surface area contributed by atoms with Gasteiger partial charge in [-0.15, -0.1) is 0 Å². The van der Waals surface area contributed by atoms with Crippen LogP contribution in [-0.4, -0.2) is 30.1 Å². The zero-order valence-corrected chi connectivity index (χ0v) is 10.7. The summed E-state index contributed by atoms with van der Waals surface area (Å²) in [6, 6.07) is 5.03. The Hall–Kier alpha value is -2.36. The van der Waals surface area contributed by atoms with Crippen LogP contribution in [0.1, 0.15) is 15.9 Å². The summed E-state index contributed by atoms with van der Waals surface area (Å²) < 4.78 is 5.58. The summed E-state index contributed by atoms with van der Waals surface area (Å²) in [7, 11) is 1.74. The lowest BCUT2D eigenvalue weighted by molar-refractivity contribution is -0.106. The van der Waals surface area contributed by atoms with Crippen molar-refractivity contribution in [3.8, 4) is 5.75 Å². The van der Waals surface area contributed by atoms with E-state index in [-0.39, 0.29) is 5.78 Å². The number of benzene rings is 1. The first-order valence-corrected chi connectivity index (χ1v) is 6.03. The van der Waals surface area contributed by atoms with Crippen molar-refractivity contribution < 1.29 is 14.3 Å². The fraction of sp³-hybridized carbons (Fsp3) is 0.200. The molecule has 1 aromatic rings. The van der Waals surface area contributed by atoms with Gasteiger partial charge in [-0.3, -0.25) is 9.59 Å². The molecule has 1 aromatic carbocycles. The van der Waals surface area contributed by atoms with Crippen molar-refractivity contribution in [1.82, 2.24) is 4.90 Å². The number of rotatable bonds is 1. The molecule has 19 heavy (non-hydrogen) atoms. The number of aldehydes is 1. The Bertz CT molecular complexity index is 643. The zero-order chi connectivity index (χ0) is 13.6. The molecule has 2 heterocycles. The van der Waals surface area contributed by atoms with Crippen LogP contribution in [0, 0.1) is 6.92 Å². The van der Waals surface area contributed by atoms with E-state index in [2.05, 4.69) is 0 Å². The minimum absolute atomic E-state index is 0.0469. The van der Waals surface area contributed by atoms with Crippen molar-refractivity contribution in [2.45, 2.75) is 13.0 Å². The van der Waals surface area contributed by atoms with E-state index in [0.29, 0.717) is 22.6 Å². The molecule has 0 aliphatic carbocycles. The maximum absolute atomic E-state index is 12.6. The molecule has 0 amide bonds. The van der Waals surface area contributed by atoms with Crippen molar-refractivity contribution in [3.05, 3.63) is 52.9 Å². The van der Waals surface area contributed by atoms with E-state index in [0.717, 1.165) is 11.8 Å². The molecule has 3 rings (SSSR count). The van der Waals surface area contributed by atoms with Gasteiger partial charge in [-0.25, -0.2) is 0 Å². The number of carbonyl (C=O) groups is 2. The Kier molecular flexibility index (Phi) is 2.52. The molecule has 2 aliphatic heterocycles. The van der Waals surface area contributed by atoms with Gasteiger partial charge < -0.3 is 9.64 Å². The van der Waals surface area contributed by atoms with Gasteiger partial charge in [-0.05, 0) is 30.7 Å². The molecular weight excluding hydrogens is 242 g/mol. The maximum atomic E-state index is 12.6. The second kappa shape index (κ2) is 4.09. The Morgan fingerprint density at radius 2 is 2.16 bits per heavy atom. The second-order valence-corrected chi connectivity index (χ2v) is 4.80. The van der Waals surface area contributed by atoms with Crippen LogP contribution in [-0.2, 0) is 4.79 Å². The van der Waals surface area contributed by atoms with E-state index < -0.39 is 6.04 Å². The van der Waals surface area contributed by atoms with Crippen LogP contribution in [0.2, 0.25) is 0 Å². The van der Waals surface area contributed by atoms with E-state index in [1.54, 1.807) is 30.4 Å². The topological polar surface area (TPSA) is 46.6 Å². The third-order valence-corrected chi connectivity index (χ3v) is 3.52. The Morgan fingerprint density at radius 1 is 1.37 bits per heavy atom. The highest BCUT2D eigenvalue weighted by atomic mass is 16.5. The van der Waals surface area contributed by atoms with Gasteiger partial charge in [-0.1, -0.05) is 6.07 Å². The van der Waals surface area contributed by atoms with E-state index in [1.165, 1.54) is 0 Å². The number of fused-ring (bicyclic) bond motifs is 2. The number of aryl methyl sites for hydroxylation is 1. The van der Waals surface area contributed by atoms with Crippen LogP contribution >= 0.6 is 0 Å². The summed E-state index contributed by atoms with van der Waals surface area (Å²) in [5, 5.41) is 0. The molecule has 2 aliphatic rings. The highest BCUT2D eigenvalue weighted by Gasteiger charge is 2.36. The van der Waals surface area contributed by atoms with Crippen LogP contribution in [0.5, 0.6) is 5.75 Å². The zero-order valence-electron chi connectivity index (χ0n) is 10.7. The molecule has 0 fully saturated rings. The SMILES string of the molecule is Cc1ccc2c(c1)OC=C1C=C(C=O)N(C)C1C2=O. The summed E-state index contributed by atoms with van der Waals surface area (Å²) in [6.07, 6.45) is 3.99. The van der Waals surface area contributed by atoms with Gasteiger partial charge in [-0.2, -0.15) is 0 Å². The average Bonchev–Trinajstić information content (AvgIpc) is 2.64. The normalized spacial score (nSPS) is 20.8. The average molecular weight is 255 g/mol. The van der Waals surface area contributed by atoms with E-state index in [4.69, 9.17) is 4.74 Å². The largest absolute Gasteiger partial charge is 0.464 e. The molecule has 0 radical (unpaired) electrons. The van der Waals surface area contributed by atoms with Crippen molar-refractivity contribution in [3.63, 3.8) is 0 Å². The van der Waals surface area contributed by atoms with Gasteiger partial charge in [0.25, 0.3) is 0 Å². The molecule has 0 saturated carbocycles. The van der Waals surface area contributed by atoms with Crippen LogP contribution in [0.4, 0.5) is 0 Å². The first-order chi connectivity index (χ1) is 9.11. The molecular formula is C15H13NO3. The first-order valence-electron chi connectivity index (χ1n) is 6.03. The number of ether oxygens (including phenoxy) is 1. The van der Waals surface area contributed by atoms with Gasteiger partial charge in [0.05, 0.1) is 17.5 Å². The lowest BCUT2D eigenvalue weighted by Crippen LogP contribution is -2.34. The number of allylic oxidation sites excluding steroid dienone is 1. The minimum Gasteiger partial charge on any atom is -0.464 e. The molecule has 0 saturated heterocycles. The van der Waals surface area contributed by atoms with Crippen molar-refractivity contribution in [2.75, 3.05) is 7.05 Å². The maximum Gasteiger partial charge on any atom is 0.193 e. The third kappa shape index (κ3) is 1.68. The second-order valence-electron chi connectivity index (χ2n) is 4.80. The van der Waals surface area contributed by atoms with Gasteiger partial charge in [0.15, 0.2) is 12.1 Å². The fourth-order valence-corrected chi connectivity index (χ4v) is 2.48. The molecule has 4 nitrogen and oxygen atoms in total. The highest BCUT2D eigenvalue weighted by Crippen LogP contribution is 2.33. The molecule has 4 heteroatoms. The van der Waals surface area contributed by atoms with Crippen LogP contribution in [0.25, 0.3) is 0 Å². The number of nitrogens with zero attached hydrogens (tertiary/aromatic N) is 1. The van der Waals surface area contributed by atoms with E-state index in [9.17, 15) is 9.59 Å². The minimum atomic E-state index is -0.468. The summed E-state index contributed by atoms with van der Waals surface area (Å²) in [5.74, 6) is 0.524. The van der Waals surface area contributed by atoms with Gasteiger partial charge in [0.2, 0.25) is 0 Å².